The molecule has 1 saturated carbocycles. The lowest BCUT2D eigenvalue weighted by molar-refractivity contribution is -0.194. The average Bonchev–Trinajstić information content (AvgIpc) is 2.97. The topological polar surface area (TPSA) is 80.0 Å². The predicted octanol–water partition coefficient (Wildman–Crippen LogP) is 3.71. The number of anilines is 2. The molecule has 8 nitrogen and oxygen atoms in total. The van der Waals surface area contributed by atoms with Crippen LogP contribution < -0.4 is 15.4 Å². The number of morpholine rings is 1. The standard InChI is InChI=1S/C30H42F2N6O2/c1-19-18-40-30-28(32)25(31)12-22-10-21(16-38(19)29(22)30)15-37(14-20-7-8-34-27(11-20)39-2)24-4-3-9-36(17-24)23-5-6-26(33)35-13-23/h5-8,11,13,19,21-22,24-25,28-30H,3-4,9-10,12,14-18H2,1-2H3,(H2,33,35)/t19?,21?,22?,24-,25?,28?,29?,30?/m0/s1. The summed E-state index contributed by atoms with van der Waals surface area (Å²) in [7, 11) is 1.64. The van der Waals surface area contributed by atoms with Gasteiger partial charge in [0, 0.05) is 63.1 Å². The van der Waals surface area contributed by atoms with E-state index >= 15 is 0 Å². The number of piperidine rings is 2. The molecule has 0 radical (unpaired) electrons. The van der Waals surface area contributed by atoms with E-state index in [4.69, 9.17) is 15.2 Å². The quantitative estimate of drug-likeness (QED) is 0.553. The highest BCUT2D eigenvalue weighted by atomic mass is 19.2. The van der Waals surface area contributed by atoms with Crippen molar-refractivity contribution in [2.45, 2.75) is 75.7 Å². The Morgan fingerprint density at radius 3 is 2.85 bits per heavy atom. The molecule has 2 aromatic heterocycles. The molecule has 5 heterocycles. The maximum Gasteiger partial charge on any atom is 0.213 e. The van der Waals surface area contributed by atoms with Gasteiger partial charge in [0.05, 0.1) is 25.6 Å². The second-order valence-electron chi connectivity index (χ2n) is 12.2. The molecule has 0 amide bonds. The van der Waals surface area contributed by atoms with Crippen molar-refractivity contribution in [1.82, 2.24) is 19.8 Å². The van der Waals surface area contributed by atoms with E-state index in [1.807, 2.05) is 18.3 Å². The molecule has 4 fully saturated rings. The molecule has 40 heavy (non-hydrogen) atoms. The number of ether oxygens (including phenoxy) is 2. The lowest BCUT2D eigenvalue weighted by atomic mass is 9.71. The monoisotopic (exact) mass is 556 g/mol. The highest BCUT2D eigenvalue weighted by Gasteiger charge is 2.54. The number of alkyl halides is 2. The van der Waals surface area contributed by atoms with Gasteiger partial charge in [0.1, 0.15) is 18.1 Å². The van der Waals surface area contributed by atoms with E-state index < -0.39 is 18.4 Å². The molecule has 2 N–H and O–H groups in total. The molecule has 0 bridgehead atoms. The predicted molar refractivity (Wildman–Crippen MR) is 151 cm³/mol. The summed E-state index contributed by atoms with van der Waals surface area (Å²) in [6.45, 7) is 7.07. The van der Waals surface area contributed by atoms with Gasteiger partial charge >= 0.3 is 0 Å². The van der Waals surface area contributed by atoms with Crippen LogP contribution in [0, 0.1) is 11.8 Å². The van der Waals surface area contributed by atoms with Crippen LogP contribution in [-0.2, 0) is 11.3 Å². The van der Waals surface area contributed by atoms with Gasteiger partial charge < -0.3 is 20.1 Å². The summed E-state index contributed by atoms with van der Waals surface area (Å²) in [6, 6.07) is 8.50. The average molecular weight is 557 g/mol. The third-order valence-electron chi connectivity index (χ3n) is 9.53. The molecule has 10 heteroatoms. The smallest absolute Gasteiger partial charge is 0.213 e. The SMILES string of the molecule is COc1cc(CN(CC2CC3CC(F)C(F)C4OCC(C)N(C2)C34)[C@H]2CCCN(c3ccc(N)nc3)C2)ccn1. The van der Waals surface area contributed by atoms with E-state index in [-0.39, 0.29) is 24.4 Å². The van der Waals surface area contributed by atoms with Crippen molar-refractivity contribution in [3.8, 4) is 5.88 Å². The molecule has 0 aromatic carbocycles. The number of nitrogen functional groups attached to an aromatic ring is 1. The van der Waals surface area contributed by atoms with E-state index in [0.717, 1.165) is 63.2 Å². The molecular formula is C30H42F2N6O2. The van der Waals surface area contributed by atoms with Gasteiger partial charge in [-0.25, -0.2) is 18.7 Å². The fraction of sp³-hybridized carbons (Fsp3) is 0.667. The zero-order valence-corrected chi connectivity index (χ0v) is 23.5. The minimum atomic E-state index is -1.53. The normalized spacial score (nSPS) is 34.5. The Hall–Kier alpha value is -2.56. The summed E-state index contributed by atoms with van der Waals surface area (Å²) < 4.78 is 40.9. The molecule has 0 spiro atoms. The van der Waals surface area contributed by atoms with E-state index in [1.165, 1.54) is 0 Å². The largest absolute Gasteiger partial charge is 0.481 e. The summed E-state index contributed by atoms with van der Waals surface area (Å²) in [5.41, 5.74) is 8.10. The third kappa shape index (κ3) is 5.63. The van der Waals surface area contributed by atoms with Gasteiger partial charge in [-0.15, -0.1) is 0 Å². The van der Waals surface area contributed by atoms with Crippen molar-refractivity contribution >= 4 is 11.5 Å². The first-order valence-corrected chi connectivity index (χ1v) is 14.7. The van der Waals surface area contributed by atoms with Crippen LogP contribution in [0.3, 0.4) is 0 Å². The van der Waals surface area contributed by atoms with Crippen molar-refractivity contribution < 1.29 is 18.3 Å². The Labute approximate surface area is 235 Å². The van der Waals surface area contributed by atoms with Crippen molar-refractivity contribution in [3.05, 3.63) is 42.2 Å². The number of nitrogens with zero attached hydrogens (tertiary/aromatic N) is 5. The number of rotatable bonds is 7. The number of hydrogen-bond acceptors (Lipinski definition) is 8. The van der Waals surface area contributed by atoms with Crippen LogP contribution in [-0.4, -0.2) is 96.2 Å². The van der Waals surface area contributed by atoms with Crippen molar-refractivity contribution in [1.29, 1.82) is 0 Å². The van der Waals surface area contributed by atoms with Gasteiger partial charge in [-0.05, 0) is 68.2 Å². The summed E-state index contributed by atoms with van der Waals surface area (Å²) in [6.07, 6.45) is 3.42. The number of nitrogens with two attached hydrogens (primary N) is 1. The van der Waals surface area contributed by atoms with Crippen LogP contribution in [0.5, 0.6) is 5.88 Å². The van der Waals surface area contributed by atoms with E-state index in [9.17, 15) is 8.78 Å². The Bertz CT molecular complexity index is 1140. The number of halogens is 2. The molecule has 8 atom stereocenters. The Morgan fingerprint density at radius 2 is 2.05 bits per heavy atom. The first kappa shape index (κ1) is 27.6. The molecule has 7 unspecified atom stereocenters. The van der Waals surface area contributed by atoms with Gasteiger partial charge in [-0.1, -0.05) is 0 Å². The summed E-state index contributed by atoms with van der Waals surface area (Å²) >= 11 is 0. The molecule has 6 rings (SSSR count). The van der Waals surface area contributed by atoms with Crippen LogP contribution in [0.2, 0.25) is 0 Å². The number of hydrogen-bond donors (Lipinski definition) is 1. The molecule has 4 aliphatic rings. The molecule has 218 valence electrons. The van der Waals surface area contributed by atoms with E-state index in [2.05, 4.69) is 43.7 Å². The number of methoxy groups -OCH3 is 1. The lowest BCUT2D eigenvalue weighted by Crippen LogP contribution is -2.68. The van der Waals surface area contributed by atoms with E-state index in [1.54, 1.807) is 13.3 Å². The fourth-order valence-electron chi connectivity index (χ4n) is 7.62. The Morgan fingerprint density at radius 1 is 1.18 bits per heavy atom. The van der Waals surface area contributed by atoms with Gasteiger partial charge in [-0.3, -0.25) is 9.80 Å². The third-order valence-corrected chi connectivity index (χ3v) is 9.53. The zero-order valence-electron chi connectivity index (χ0n) is 23.5. The Balaban J connectivity index is 1.23. The van der Waals surface area contributed by atoms with Gasteiger partial charge in [0.2, 0.25) is 5.88 Å². The van der Waals surface area contributed by atoms with Gasteiger partial charge in [0.25, 0.3) is 0 Å². The van der Waals surface area contributed by atoms with Crippen LogP contribution in [0.25, 0.3) is 0 Å². The van der Waals surface area contributed by atoms with E-state index in [0.29, 0.717) is 30.3 Å². The fourth-order valence-corrected chi connectivity index (χ4v) is 7.62. The van der Waals surface area contributed by atoms with Crippen LogP contribution in [0.15, 0.2) is 36.7 Å². The maximum absolute atomic E-state index is 14.8. The van der Waals surface area contributed by atoms with Crippen LogP contribution in [0.4, 0.5) is 20.3 Å². The molecule has 2 aromatic rings. The second kappa shape index (κ2) is 11.7. The van der Waals surface area contributed by atoms with Crippen LogP contribution >= 0.6 is 0 Å². The minimum Gasteiger partial charge on any atom is -0.481 e. The van der Waals surface area contributed by atoms with Crippen LogP contribution in [0.1, 0.15) is 38.2 Å². The van der Waals surface area contributed by atoms with Crippen molar-refractivity contribution in [3.63, 3.8) is 0 Å². The van der Waals surface area contributed by atoms with Gasteiger partial charge in [-0.2, -0.15) is 0 Å². The molecule has 1 aliphatic carbocycles. The number of aromatic nitrogens is 2. The maximum atomic E-state index is 14.8. The molecule has 3 aliphatic heterocycles. The number of pyridine rings is 2. The molecular weight excluding hydrogens is 514 g/mol. The summed E-state index contributed by atoms with van der Waals surface area (Å²) in [5, 5.41) is 0. The highest BCUT2D eigenvalue weighted by Crippen LogP contribution is 2.44. The first-order chi connectivity index (χ1) is 19.4. The van der Waals surface area contributed by atoms with Crippen molar-refractivity contribution in [2.24, 2.45) is 11.8 Å². The Kier molecular flexibility index (Phi) is 8.10. The highest BCUT2D eigenvalue weighted by molar-refractivity contribution is 5.48. The summed E-state index contributed by atoms with van der Waals surface area (Å²) in [5.74, 6) is 1.61. The zero-order chi connectivity index (χ0) is 27.8. The lowest BCUT2D eigenvalue weighted by Gasteiger charge is -2.57. The molecule has 3 saturated heterocycles. The first-order valence-electron chi connectivity index (χ1n) is 14.7. The van der Waals surface area contributed by atoms with Gasteiger partial charge in [0.15, 0.2) is 6.17 Å². The van der Waals surface area contributed by atoms with Crippen molar-refractivity contribution in [2.75, 3.05) is 50.5 Å². The second-order valence-corrected chi connectivity index (χ2v) is 12.2. The summed E-state index contributed by atoms with van der Waals surface area (Å²) in [4.78, 5) is 16.1. The minimum absolute atomic E-state index is 0.0249.